The third kappa shape index (κ3) is 4.96. The summed E-state index contributed by atoms with van der Waals surface area (Å²) >= 11 is 0. The van der Waals surface area contributed by atoms with Crippen LogP contribution >= 0.6 is 0 Å². The molecule has 1 amide bonds. The highest BCUT2D eigenvalue weighted by molar-refractivity contribution is 5.89. The molecule has 118 valence electrons. The van der Waals surface area contributed by atoms with Crippen LogP contribution in [0.15, 0.2) is 28.7 Å². The normalized spacial score (nSPS) is 10.6. The van der Waals surface area contributed by atoms with Crippen molar-refractivity contribution in [3.63, 3.8) is 0 Å². The summed E-state index contributed by atoms with van der Waals surface area (Å²) in [5.41, 5.74) is 2.26. The summed E-state index contributed by atoms with van der Waals surface area (Å²) in [6.45, 7) is 5.80. The fourth-order valence-corrected chi connectivity index (χ4v) is 1.89. The summed E-state index contributed by atoms with van der Waals surface area (Å²) in [6.07, 6.45) is 1.27. The summed E-state index contributed by atoms with van der Waals surface area (Å²) in [5, 5.41) is 10.4. The Morgan fingerprint density at radius 1 is 1.27 bits per heavy atom. The van der Waals surface area contributed by atoms with Crippen LogP contribution < -0.4 is 5.32 Å². The number of aromatic nitrogens is 2. The van der Waals surface area contributed by atoms with E-state index in [-0.39, 0.29) is 11.8 Å². The molecular formula is C16H21N3O3. The lowest BCUT2D eigenvalue weighted by atomic mass is 10.1. The zero-order valence-corrected chi connectivity index (χ0v) is 13.0. The predicted molar refractivity (Wildman–Crippen MR) is 81.7 cm³/mol. The van der Waals surface area contributed by atoms with Crippen LogP contribution in [0.3, 0.4) is 0 Å². The molecule has 0 radical (unpaired) electrons. The Labute approximate surface area is 129 Å². The van der Waals surface area contributed by atoms with Gasteiger partial charge in [-0.25, -0.2) is 0 Å². The molecule has 0 saturated carbocycles. The molecular weight excluding hydrogens is 282 g/mol. The number of ether oxygens (including phenoxy) is 1. The van der Waals surface area contributed by atoms with E-state index in [0.29, 0.717) is 32.1 Å². The van der Waals surface area contributed by atoms with Gasteiger partial charge in [-0.1, -0.05) is 29.8 Å². The van der Waals surface area contributed by atoms with Gasteiger partial charge >= 0.3 is 11.8 Å². The summed E-state index contributed by atoms with van der Waals surface area (Å²) in [6, 6.07) is 8.06. The number of rotatable bonds is 8. The number of aryl methyl sites for hydroxylation is 1. The lowest BCUT2D eigenvalue weighted by Gasteiger charge is -2.02. The van der Waals surface area contributed by atoms with Gasteiger partial charge < -0.3 is 14.5 Å². The Kier molecular flexibility index (Phi) is 6.09. The van der Waals surface area contributed by atoms with Crippen molar-refractivity contribution in [1.82, 2.24) is 15.5 Å². The van der Waals surface area contributed by atoms with Gasteiger partial charge in [0.05, 0.1) is 6.42 Å². The van der Waals surface area contributed by atoms with Crippen molar-refractivity contribution in [2.24, 2.45) is 0 Å². The summed E-state index contributed by atoms with van der Waals surface area (Å²) in [5.74, 6) is 0.0843. The van der Waals surface area contributed by atoms with E-state index < -0.39 is 0 Å². The Morgan fingerprint density at radius 3 is 2.77 bits per heavy atom. The summed E-state index contributed by atoms with van der Waals surface area (Å²) < 4.78 is 10.6. The van der Waals surface area contributed by atoms with Crippen molar-refractivity contribution in [3.8, 4) is 0 Å². The van der Waals surface area contributed by atoms with E-state index in [4.69, 9.17) is 9.15 Å². The average Bonchev–Trinajstić information content (AvgIpc) is 2.98. The van der Waals surface area contributed by atoms with E-state index >= 15 is 0 Å². The molecule has 22 heavy (non-hydrogen) atoms. The predicted octanol–water partition coefficient (Wildman–Crippen LogP) is 2.13. The molecule has 2 rings (SSSR count). The molecule has 0 fully saturated rings. The largest absolute Gasteiger partial charge is 0.417 e. The Morgan fingerprint density at radius 2 is 2.05 bits per heavy atom. The smallest absolute Gasteiger partial charge is 0.308 e. The molecule has 1 aromatic heterocycles. The highest BCUT2D eigenvalue weighted by atomic mass is 16.5. The maximum Gasteiger partial charge on any atom is 0.308 e. The molecule has 0 atom stereocenters. The van der Waals surface area contributed by atoms with Crippen molar-refractivity contribution < 1.29 is 13.9 Å². The molecule has 0 bridgehead atoms. The topological polar surface area (TPSA) is 77.2 Å². The van der Waals surface area contributed by atoms with E-state index in [1.54, 1.807) is 0 Å². The van der Waals surface area contributed by atoms with Crippen molar-refractivity contribution in [3.05, 3.63) is 47.2 Å². The van der Waals surface area contributed by atoms with Gasteiger partial charge in [-0.05, 0) is 25.8 Å². The molecule has 1 N–H and O–H groups in total. The van der Waals surface area contributed by atoms with Crippen LogP contribution in [0.4, 0.5) is 0 Å². The Balaban J connectivity index is 1.82. The van der Waals surface area contributed by atoms with Gasteiger partial charge in [-0.2, -0.15) is 0 Å². The van der Waals surface area contributed by atoms with Crippen LogP contribution in [0.5, 0.6) is 0 Å². The number of amides is 1. The van der Waals surface area contributed by atoms with Crippen LogP contribution in [0, 0.1) is 6.92 Å². The van der Waals surface area contributed by atoms with Crippen LogP contribution in [0.2, 0.25) is 0 Å². The number of hydrogen-bond acceptors (Lipinski definition) is 5. The standard InChI is InChI=1S/C16H21N3O3/c1-3-21-10-4-9-17-15(20)16-19-18-14(22-16)11-13-7-5-12(2)6-8-13/h5-8H,3-4,9-11H2,1-2H3,(H,17,20). The van der Waals surface area contributed by atoms with Gasteiger partial charge in [0.1, 0.15) is 0 Å². The molecule has 0 aliphatic carbocycles. The first-order chi connectivity index (χ1) is 10.7. The molecule has 1 heterocycles. The second-order valence-electron chi connectivity index (χ2n) is 4.97. The molecule has 0 spiro atoms. The van der Waals surface area contributed by atoms with Gasteiger partial charge in [-0.3, -0.25) is 4.79 Å². The first kappa shape index (κ1) is 16.2. The molecule has 0 unspecified atom stereocenters. The fraction of sp³-hybridized carbons (Fsp3) is 0.438. The zero-order valence-electron chi connectivity index (χ0n) is 13.0. The third-order valence-corrected chi connectivity index (χ3v) is 3.09. The first-order valence-electron chi connectivity index (χ1n) is 7.43. The van der Waals surface area contributed by atoms with Crippen LogP contribution in [0.25, 0.3) is 0 Å². The minimum Gasteiger partial charge on any atom is -0.417 e. The van der Waals surface area contributed by atoms with Crippen molar-refractivity contribution in [2.75, 3.05) is 19.8 Å². The zero-order chi connectivity index (χ0) is 15.8. The highest BCUT2D eigenvalue weighted by Crippen LogP contribution is 2.09. The first-order valence-corrected chi connectivity index (χ1v) is 7.43. The fourth-order valence-electron chi connectivity index (χ4n) is 1.89. The molecule has 0 aliphatic heterocycles. The number of hydrogen-bond donors (Lipinski definition) is 1. The second kappa shape index (κ2) is 8.29. The lowest BCUT2D eigenvalue weighted by molar-refractivity contribution is 0.0908. The maximum atomic E-state index is 11.8. The number of benzene rings is 1. The van der Waals surface area contributed by atoms with Gasteiger partial charge in [0, 0.05) is 19.8 Å². The van der Waals surface area contributed by atoms with Crippen molar-refractivity contribution in [2.45, 2.75) is 26.7 Å². The highest BCUT2D eigenvalue weighted by Gasteiger charge is 2.14. The van der Waals surface area contributed by atoms with Crippen LogP contribution in [0.1, 0.15) is 41.0 Å². The van der Waals surface area contributed by atoms with Crippen molar-refractivity contribution >= 4 is 5.91 Å². The van der Waals surface area contributed by atoms with Gasteiger partial charge in [0.2, 0.25) is 5.89 Å². The number of carbonyl (C=O) groups excluding carboxylic acids is 1. The molecule has 1 aromatic carbocycles. The molecule has 0 aliphatic rings. The Bertz CT molecular complexity index is 593. The molecule has 0 saturated heterocycles. The average molecular weight is 303 g/mol. The number of nitrogens with zero attached hydrogens (tertiary/aromatic N) is 2. The minimum atomic E-state index is -0.348. The number of carbonyl (C=O) groups is 1. The summed E-state index contributed by atoms with van der Waals surface area (Å²) in [7, 11) is 0. The Hall–Kier alpha value is -2.21. The van der Waals surface area contributed by atoms with E-state index in [1.807, 2.05) is 38.1 Å². The molecule has 6 nitrogen and oxygen atoms in total. The van der Waals surface area contributed by atoms with E-state index in [2.05, 4.69) is 15.5 Å². The van der Waals surface area contributed by atoms with Gasteiger partial charge in [0.25, 0.3) is 0 Å². The second-order valence-corrected chi connectivity index (χ2v) is 4.97. The van der Waals surface area contributed by atoms with Crippen molar-refractivity contribution in [1.29, 1.82) is 0 Å². The quantitative estimate of drug-likeness (QED) is 0.756. The van der Waals surface area contributed by atoms with E-state index in [9.17, 15) is 4.79 Å². The van der Waals surface area contributed by atoms with Gasteiger partial charge in [-0.15, -0.1) is 10.2 Å². The van der Waals surface area contributed by atoms with Gasteiger partial charge in [0.15, 0.2) is 0 Å². The lowest BCUT2D eigenvalue weighted by Crippen LogP contribution is -2.25. The maximum absolute atomic E-state index is 11.8. The van der Waals surface area contributed by atoms with Crippen LogP contribution in [-0.2, 0) is 11.2 Å². The minimum absolute atomic E-state index is 0.00137. The number of nitrogens with one attached hydrogen (secondary N) is 1. The third-order valence-electron chi connectivity index (χ3n) is 3.09. The van der Waals surface area contributed by atoms with E-state index in [0.717, 1.165) is 12.0 Å². The summed E-state index contributed by atoms with van der Waals surface area (Å²) in [4.78, 5) is 11.8. The monoisotopic (exact) mass is 303 g/mol. The molecule has 2 aromatic rings. The van der Waals surface area contributed by atoms with E-state index in [1.165, 1.54) is 5.56 Å². The van der Waals surface area contributed by atoms with Crippen LogP contribution in [-0.4, -0.2) is 35.9 Å². The molecule has 6 heteroatoms. The SMILES string of the molecule is CCOCCCNC(=O)c1nnc(Cc2ccc(C)cc2)o1.